The summed E-state index contributed by atoms with van der Waals surface area (Å²) in [7, 11) is -2.38. The molecule has 2 amide bonds. The van der Waals surface area contributed by atoms with E-state index in [1.54, 1.807) is 19.1 Å². The smallest absolute Gasteiger partial charge is 0.244 e. The van der Waals surface area contributed by atoms with Gasteiger partial charge in [-0.15, -0.1) is 0 Å². The molecule has 1 N–H and O–H groups in total. The molecule has 1 fully saturated rings. The number of ether oxygens (including phenoxy) is 1. The Morgan fingerprint density at radius 2 is 1.67 bits per heavy atom. The maximum atomic E-state index is 13.7. The van der Waals surface area contributed by atoms with Crippen LogP contribution in [0.5, 0.6) is 5.75 Å². The second-order valence-electron chi connectivity index (χ2n) is 9.62. The Kier molecular flexibility index (Phi) is 9.00. The largest absolute Gasteiger partial charge is 0.495 e. The normalized spacial score (nSPS) is 14.8. The van der Waals surface area contributed by atoms with E-state index in [1.807, 2.05) is 44.2 Å². The molecule has 8 nitrogen and oxygen atoms in total. The molecule has 9 heteroatoms. The third-order valence-electron chi connectivity index (χ3n) is 6.62. The van der Waals surface area contributed by atoms with Crippen LogP contribution < -0.4 is 14.4 Å². The van der Waals surface area contributed by atoms with Crippen molar-refractivity contribution in [3.05, 3.63) is 59.2 Å². The Hall–Kier alpha value is -3.07. The Morgan fingerprint density at radius 1 is 1.06 bits per heavy atom. The lowest BCUT2D eigenvalue weighted by Gasteiger charge is -2.32. The van der Waals surface area contributed by atoms with Crippen LogP contribution in [0.2, 0.25) is 0 Å². The lowest BCUT2D eigenvalue weighted by atomic mass is 10.1. The van der Waals surface area contributed by atoms with Gasteiger partial charge >= 0.3 is 0 Å². The second-order valence-corrected chi connectivity index (χ2v) is 11.5. The van der Waals surface area contributed by atoms with Crippen LogP contribution in [0.15, 0.2) is 42.5 Å². The van der Waals surface area contributed by atoms with E-state index in [0.717, 1.165) is 52.9 Å². The molecule has 3 rings (SSSR count). The standard InChI is InChI=1S/C27H37N3O5S/c1-19-10-13-22(14-11-19)17-29(21(3)27(32)28-23-8-6-7-9-23)26(31)18-30(36(5,33)34)24-16-20(2)12-15-25(24)35-4/h10-16,21,23H,6-9,17-18H2,1-5H3,(H,28,32)/t21-/m0/s1. The van der Waals surface area contributed by atoms with Crippen LogP contribution in [-0.4, -0.2) is 57.1 Å². The Morgan fingerprint density at radius 3 is 2.25 bits per heavy atom. The number of benzene rings is 2. The van der Waals surface area contributed by atoms with Crippen molar-refractivity contribution >= 4 is 27.5 Å². The average Bonchev–Trinajstić information content (AvgIpc) is 3.33. The molecule has 0 unspecified atom stereocenters. The highest BCUT2D eigenvalue weighted by molar-refractivity contribution is 7.92. The van der Waals surface area contributed by atoms with Crippen molar-refractivity contribution in [2.75, 3.05) is 24.2 Å². The van der Waals surface area contributed by atoms with E-state index in [9.17, 15) is 18.0 Å². The summed E-state index contributed by atoms with van der Waals surface area (Å²) >= 11 is 0. The van der Waals surface area contributed by atoms with Crippen molar-refractivity contribution in [1.82, 2.24) is 10.2 Å². The SMILES string of the molecule is COc1ccc(C)cc1N(CC(=O)N(Cc1ccc(C)cc1)[C@@H](C)C(=O)NC1CCCC1)S(C)(=O)=O. The van der Waals surface area contributed by atoms with E-state index >= 15 is 0 Å². The molecule has 0 aliphatic heterocycles. The lowest BCUT2D eigenvalue weighted by Crippen LogP contribution is -2.52. The minimum atomic E-state index is -3.83. The van der Waals surface area contributed by atoms with Crippen molar-refractivity contribution in [3.8, 4) is 5.75 Å². The number of rotatable bonds is 10. The van der Waals surface area contributed by atoms with Crippen LogP contribution >= 0.6 is 0 Å². The number of carbonyl (C=O) groups is 2. The van der Waals surface area contributed by atoms with Gasteiger partial charge in [-0.1, -0.05) is 48.7 Å². The van der Waals surface area contributed by atoms with E-state index in [0.29, 0.717) is 5.75 Å². The van der Waals surface area contributed by atoms with Gasteiger partial charge in [0.2, 0.25) is 21.8 Å². The summed E-state index contributed by atoms with van der Waals surface area (Å²) in [5, 5.41) is 3.07. The van der Waals surface area contributed by atoms with Gasteiger partial charge in [0.15, 0.2) is 0 Å². The molecule has 1 atom stereocenters. The monoisotopic (exact) mass is 515 g/mol. The van der Waals surface area contributed by atoms with Crippen LogP contribution in [0.4, 0.5) is 5.69 Å². The number of amides is 2. The number of nitrogens with one attached hydrogen (secondary N) is 1. The van der Waals surface area contributed by atoms with E-state index in [2.05, 4.69) is 5.32 Å². The van der Waals surface area contributed by atoms with Crippen molar-refractivity contribution < 1.29 is 22.7 Å². The number of aryl methyl sites for hydroxylation is 2. The number of carbonyl (C=O) groups excluding carboxylic acids is 2. The van der Waals surface area contributed by atoms with Gasteiger partial charge in [0.25, 0.3) is 0 Å². The first-order chi connectivity index (χ1) is 17.0. The molecule has 2 aromatic rings. The summed E-state index contributed by atoms with van der Waals surface area (Å²) in [5.74, 6) is -0.365. The van der Waals surface area contributed by atoms with E-state index in [4.69, 9.17) is 4.74 Å². The molecule has 0 bridgehead atoms. The molecule has 196 valence electrons. The zero-order chi connectivity index (χ0) is 26.5. The number of methoxy groups -OCH3 is 1. The van der Waals surface area contributed by atoms with Crippen molar-refractivity contribution in [1.29, 1.82) is 0 Å². The Balaban J connectivity index is 1.92. The van der Waals surface area contributed by atoms with Crippen LogP contribution in [0.3, 0.4) is 0 Å². The van der Waals surface area contributed by atoms with Crippen LogP contribution in [0, 0.1) is 13.8 Å². The molecule has 1 aliphatic carbocycles. The first-order valence-electron chi connectivity index (χ1n) is 12.3. The molecular weight excluding hydrogens is 478 g/mol. The lowest BCUT2D eigenvalue weighted by molar-refractivity contribution is -0.139. The topological polar surface area (TPSA) is 96.0 Å². The van der Waals surface area contributed by atoms with E-state index in [-0.39, 0.29) is 24.2 Å². The fourth-order valence-electron chi connectivity index (χ4n) is 4.45. The van der Waals surface area contributed by atoms with Gasteiger partial charge in [-0.2, -0.15) is 0 Å². The first-order valence-corrected chi connectivity index (χ1v) is 14.1. The molecule has 0 radical (unpaired) electrons. The van der Waals surface area contributed by atoms with Crippen LogP contribution in [0.25, 0.3) is 0 Å². The summed E-state index contributed by atoms with van der Waals surface area (Å²) in [5.41, 5.74) is 3.05. The number of hydrogen-bond donors (Lipinski definition) is 1. The van der Waals surface area contributed by atoms with E-state index < -0.39 is 28.5 Å². The summed E-state index contributed by atoms with van der Waals surface area (Å²) in [6.45, 7) is 5.23. The predicted octanol–water partition coefficient (Wildman–Crippen LogP) is 3.55. The van der Waals surface area contributed by atoms with Gasteiger partial charge < -0.3 is 15.0 Å². The Labute approximate surface area is 214 Å². The zero-order valence-corrected chi connectivity index (χ0v) is 22.6. The third kappa shape index (κ3) is 7.00. The van der Waals surface area contributed by atoms with Gasteiger partial charge in [0.05, 0.1) is 19.1 Å². The molecular formula is C27H37N3O5S. The quantitative estimate of drug-likeness (QED) is 0.522. The molecule has 2 aromatic carbocycles. The number of sulfonamides is 1. The van der Waals surface area contributed by atoms with Gasteiger partial charge in [0, 0.05) is 12.6 Å². The maximum absolute atomic E-state index is 13.7. The highest BCUT2D eigenvalue weighted by Gasteiger charge is 2.32. The third-order valence-corrected chi connectivity index (χ3v) is 7.75. The van der Waals surface area contributed by atoms with Gasteiger partial charge in [-0.05, 0) is 56.9 Å². The van der Waals surface area contributed by atoms with Crippen molar-refractivity contribution in [2.24, 2.45) is 0 Å². The minimum absolute atomic E-state index is 0.111. The van der Waals surface area contributed by atoms with Crippen molar-refractivity contribution in [2.45, 2.75) is 65.1 Å². The summed E-state index contributed by atoms with van der Waals surface area (Å²) < 4.78 is 32.1. The van der Waals surface area contributed by atoms with Gasteiger partial charge in [-0.3, -0.25) is 13.9 Å². The fraction of sp³-hybridized carbons (Fsp3) is 0.481. The fourth-order valence-corrected chi connectivity index (χ4v) is 5.30. The van der Waals surface area contributed by atoms with Crippen LogP contribution in [0.1, 0.15) is 49.3 Å². The van der Waals surface area contributed by atoms with Gasteiger partial charge in [0.1, 0.15) is 18.3 Å². The summed E-state index contributed by atoms with van der Waals surface area (Å²) in [6.07, 6.45) is 5.07. The first kappa shape index (κ1) is 27.5. The average molecular weight is 516 g/mol. The highest BCUT2D eigenvalue weighted by Crippen LogP contribution is 2.31. The highest BCUT2D eigenvalue weighted by atomic mass is 32.2. The molecule has 0 aromatic heterocycles. The molecule has 36 heavy (non-hydrogen) atoms. The summed E-state index contributed by atoms with van der Waals surface area (Å²) in [4.78, 5) is 28.3. The minimum Gasteiger partial charge on any atom is -0.495 e. The second kappa shape index (κ2) is 11.8. The van der Waals surface area contributed by atoms with Crippen LogP contribution in [-0.2, 0) is 26.2 Å². The molecule has 1 aliphatic rings. The zero-order valence-electron chi connectivity index (χ0n) is 21.8. The molecule has 1 saturated carbocycles. The number of nitrogens with zero attached hydrogens (tertiary/aromatic N) is 2. The van der Waals surface area contributed by atoms with Crippen molar-refractivity contribution in [3.63, 3.8) is 0 Å². The number of anilines is 1. The molecule has 0 spiro atoms. The summed E-state index contributed by atoms with van der Waals surface area (Å²) in [6, 6.07) is 12.2. The van der Waals surface area contributed by atoms with Gasteiger partial charge in [-0.25, -0.2) is 8.42 Å². The van der Waals surface area contributed by atoms with E-state index in [1.165, 1.54) is 12.0 Å². The predicted molar refractivity (Wildman–Crippen MR) is 142 cm³/mol. The molecule has 0 saturated heterocycles. The maximum Gasteiger partial charge on any atom is 0.244 e. The Bertz CT molecular complexity index is 1170. The molecule has 0 heterocycles. The number of hydrogen-bond acceptors (Lipinski definition) is 5.